The number of halogens is 2. The Morgan fingerprint density at radius 2 is 1.24 bits per heavy atom. The number of rotatable bonds is 4. The average molecular weight is 413 g/mol. The third-order valence-electron chi connectivity index (χ3n) is 4.05. The molecule has 0 aliphatic rings. The van der Waals surface area contributed by atoms with Gasteiger partial charge in [-0.3, -0.25) is 0 Å². The Morgan fingerprint density at radius 1 is 0.720 bits per heavy atom. The molecule has 25 heavy (non-hydrogen) atoms. The maximum Gasteiger partial charge on any atom is 0.0406 e. The second-order valence-electron chi connectivity index (χ2n) is 6.00. The summed E-state index contributed by atoms with van der Waals surface area (Å²) in [5.74, 6) is 0. The van der Waals surface area contributed by atoms with Gasteiger partial charge in [-0.1, -0.05) is 66.2 Å². The summed E-state index contributed by atoms with van der Waals surface area (Å²) in [4.78, 5) is 2.10. The summed E-state index contributed by atoms with van der Waals surface area (Å²) >= 11 is 9.87. The smallest absolute Gasteiger partial charge is 0.0406 e. The summed E-state index contributed by atoms with van der Waals surface area (Å²) in [6, 6.07) is 26.9. The van der Waals surface area contributed by atoms with Crippen molar-refractivity contribution >= 4 is 43.3 Å². The van der Waals surface area contributed by atoms with Gasteiger partial charge in [0.2, 0.25) is 0 Å². The Balaban J connectivity index is 2.16. The maximum atomic E-state index is 6.04. The van der Waals surface area contributed by atoms with Gasteiger partial charge in [-0.05, 0) is 56.9 Å². The molecule has 0 saturated carbocycles. The topological polar surface area (TPSA) is 3.24 Å². The molecule has 0 heterocycles. The summed E-state index contributed by atoms with van der Waals surface area (Å²) in [6.45, 7) is 0. The molecule has 0 bridgehead atoms. The number of hydrogen-bond donors (Lipinski definition) is 0. The van der Waals surface area contributed by atoms with Gasteiger partial charge in [0, 0.05) is 34.9 Å². The zero-order valence-electron chi connectivity index (χ0n) is 14.2. The van der Waals surface area contributed by atoms with Crippen LogP contribution >= 0.6 is 27.5 Å². The van der Waals surface area contributed by atoms with E-state index in [2.05, 4.69) is 69.4 Å². The summed E-state index contributed by atoms with van der Waals surface area (Å²) in [5.41, 5.74) is 5.77. The monoisotopic (exact) mass is 411 g/mol. The van der Waals surface area contributed by atoms with Gasteiger partial charge in [0.15, 0.2) is 0 Å². The zero-order valence-corrected chi connectivity index (χ0v) is 16.6. The predicted molar refractivity (Wildman–Crippen MR) is 114 cm³/mol. The van der Waals surface area contributed by atoms with E-state index in [0.717, 1.165) is 20.6 Å². The first-order chi connectivity index (χ1) is 12.1. The van der Waals surface area contributed by atoms with Crippen LogP contribution < -0.4 is 4.90 Å². The molecular weight excluding hydrogens is 394 g/mol. The first-order valence-corrected chi connectivity index (χ1v) is 9.22. The van der Waals surface area contributed by atoms with Crippen LogP contribution in [0, 0.1) is 0 Å². The second kappa shape index (κ2) is 7.90. The highest BCUT2D eigenvalue weighted by Crippen LogP contribution is 2.36. The van der Waals surface area contributed by atoms with E-state index in [1.165, 1.54) is 16.8 Å². The molecule has 0 N–H and O–H groups in total. The van der Waals surface area contributed by atoms with E-state index in [0.29, 0.717) is 0 Å². The Hall–Kier alpha value is -2.03. The highest BCUT2D eigenvalue weighted by Gasteiger charge is 2.12. The lowest BCUT2D eigenvalue weighted by Crippen LogP contribution is -2.08. The molecule has 126 valence electrons. The molecule has 0 aliphatic carbocycles. The van der Waals surface area contributed by atoms with Gasteiger partial charge in [-0.15, -0.1) is 0 Å². The van der Waals surface area contributed by atoms with Crippen LogP contribution in [0.3, 0.4) is 0 Å². The van der Waals surface area contributed by atoms with Crippen molar-refractivity contribution in [1.29, 1.82) is 0 Å². The third-order valence-corrected chi connectivity index (χ3v) is 5.16. The molecule has 3 aromatic carbocycles. The first-order valence-electron chi connectivity index (χ1n) is 8.05. The van der Waals surface area contributed by atoms with E-state index < -0.39 is 0 Å². The molecule has 3 aromatic rings. The van der Waals surface area contributed by atoms with E-state index in [1.54, 1.807) is 0 Å². The summed E-state index contributed by atoms with van der Waals surface area (Å²) in [7, 11) is 4.10. The molecule has 0 fully saturated rings. The molecule has 3 rings (SSSR count). The number of benzene rings is 3. The van der Waals surface area contributed by atoms with Crippen molar-refractivity contribution in [1.82, 2.24) is 0 Å². The summed E-state index contributed by atoms with van der Waals surface area (Å²) < 4.78 is 1.05. The van der Waals surface area contributed by atoms with Gasteiger partial charge in [0.05, 0.1) is 0 Å². The van der Waals surface area contributed by atoms with Crippen LogP contribution in [0.25, 0.3) is 10.1 Å². The van der Waals surface area contributed by atoms with Gasteiger partial charge >= 0.3 is 0 Å². The van der Waals surface area contributed by atoms with Gasteiger partial charge < -0.3 is 4.90 Å². The Morgan fingerprint density at radius 3 is 1.80 bits per heavy atom. The molecule has 1 nitrogen and oxygen atoms in total. The minimum atomic E-state index is 0.737. The largest absolute Gasteiger partial charge is 0.378 e. The molecule has 0 saturated heterocycles. The van der Waals surface area contributed by atoms with Gasteiger partial charge in [0.1, 0.15) is 0 Å². The minimum Gasteiger partial charge on any atom is -0.378 e. The molecule has 3 heteroatoms. The number of hydrogen-bond acceptors (Lipinski definition) is 1. The molecule has 0 unspecified atom stereocenters. The summed E-state index contributed by atoms with van der Waals surface area (Å²) in [5, 5.41) is 0.737. The molecular formula is C22H19BrClN. The standard InChI is InChI=1S/C22H19BrClN/c1-25(2)20-14-10-17(11-15-20)21(16-6-4-3-5-7-16)22(23)18-8-12-19(24)13-9-18/h3-15H,1-2H3/b22-21-. The predicted octanol–water partition coefficient (Wildman–Crippen LogP) is 6.72. The second-order valence-corrected chi connectivity index (χ2v) is 7.23. The van der Waals surface area contributed by atoms with Gasteiger partial charge in [-0.25, -0.2) is 0 Å². The average Bonchev–Trinajstić information content (AvgIpc) is 2.64. The van der Waals surface area contributed by atoms with Gasteiger partial charge in [-0.2, -0.15) is 0 Å². The van der Waals surface area contributed by atoms with Crippen molar-refractivity contribution in [3.8, 4) is 0 Å². The van der Waals surface area contributed by atoms with Crippen LogP contribution in [-0.4, -0.2) is 14.1 Å². The van der Waals surface area contributed by atoms with E-state index in [1.807, 2.05) is 44.4 Å². The van der Waals surface area contributed by atoms with Crippen LogP contribution in [0.4, 0.5) is 5.69 Å². The maximum absolute atomic E-state index is 6.04. The van der Waals surface area contributed by atoms with Crippen molar-refractivity contribution in [2.75, 3.05) is 19.0 Å². The third kappa shape index (κ3) is 4.15. The van der Waals surface area contributed by atoms with Crippen molar-refractivity contribution in [2.45, 2.75) is 0 Å². The van der Waals surface area contributed by atoms with Crippen LogP contribution in [-0.2, 0) is 0 Å². The Bertz CT molecular complexity index is 866. The lowest BCUT2D eigenvalue weighted by molar-refractivity contribution is 1.13. The molecule has 0 atom stereocenters. The Kier molecular flexibility index (Phi) is 5.62. The van der Waals surface area contributed by atoms with Crippen molar-refractivity contribution in [3.05, 3.63) is 101 Å². The van der Waals surface area contributed by atoms with E-state index in [-0.39, 0.29) is 0 Å². The SMILES string of the molecule is CN(C)c1ccc(/C(=C(\Br)c2ccc(Cl)cc2)c2ccccc2)cc1. The first kappa shape index (κ1) is 17.8. The van der Waals surface area contributed by atoms with Crippen molar-refractivity contribution in [2.24, 2.45) is 0 Å². The molecule has 0 aliphatic heterocycles. The fourth-order valence-electron chi connectivity index (χ4n) is 2.69. The highest BCUT2D eigenvalue weighted by atomic mass is 79.9. The zero-order chi connectivity index (χ0) is 17.8. The number of anilines is 1. The molecule has 0 spiro atoms. The number of nitrogens with zero attached hydrogens (tertiary/aromatic N) is 1. The van der Waals surface area contributed by atoms with Crippen LogP contribution in [0.5, 0.6) is 0 Å². The van der Waals surface area contributed by atoms with Crippen molar-refractivity contribution < 1.29 is 0 Å². The van der Waals surface area contributed by atoms with E-state index in [9.17, 15) is 0 Å². The van der Waals surface area contributed by atoms with E-state index >= 15 is 0 Å². The fraction of sp³-hybridized carbons (Fsp3) is 0.0909. The van der Waals surface area contributed by atoms with Crippen LogP contribution in [0.2, 0.25) is 5.02 Å². The lowest BCUT2D eigenvalue weighted by atomic mass is 9.95. The van der Waals surface area contributed by atoms with Crippen LogP contribution in [0.15, 0.2) is 78.9 Å². The van der Waals surface area contributed by atoms with Crippen LogP contribution in [0.1, 0.15) is 16.7 Å². The molecule has 0 radical (unpaired) electrons. The van der Waals surface area contributed by atoms with E-state index in [4.69, 9.17) is 11.6 Å². The van der Waals surface area contributed by atoms with Gasteiger partial charge in [0.25, 0.3) is 0 Å². The van der Waals surface area contributed by atoms with Crippen molar-refractivity contribution in [3.63, 3.8) is 0 Å². The molecule has 0 amide bonds. The summed E-state index contributed by atoms with van der Waals surface area (Å²) in [6.07, 6.45) is 0. The quantitative estimate of drug-likeness (QED) is 0.430. The minimum absolute atomic E-state index is 0.737. The highest BCUT2D eigenvalue weighted by molar-refractivity contribution is 9.15. The molecule has 0 aromatic heterocycles. The fourth-order valence-corrected chi connectivity index (χ4v) is 3.54. The Labute approximate surface area is 162 Å². The normalized spacial score (nSPS) is 11.8. The lowest BCUT2D eigenvalue weighted by Gasteiger charge is -2.16.